The molecule has 0 aliphatic rings. The maximum atomic E-state index is 13.8. The molecule has 108 valence electrons. The van der Waals surface area contributed by atoms with Gasteiger partial charge in [0, 0.05) is 6.07 Å². The van der Waals surface area contributed by atoms with Crippen molar-refractivity contribution in [2.24, 2.45) is 0 Å². The first-order valence-electron chi connectivity index (χ1n) is 6.21. The van der Waals surface area contributed by atoms with Crippen molar-refractivity contribution < 1.29 is 9.13 Å². The van der Waals surface area contributed by atoms with Crippen molar-refractivity contribution in [1.82, 2.24) is 9.55 Å². The van der Waals surface area contributed by atoms with Gasteiger partial charge in [0.25, 0.3) is 0 Å². The Morgan fingerprint density at radius 3 is 2.76 bits per heavy atom. The molecule has 0 unspecified atom stereocenters. The van der Waals surface area contributed by atoms with Crippen molar-refractivity contribution in [3.05, 3.63) is 52.5 Å². The molecular weight excluding hydrogens is 359 g/mol. The Morgan fingerprint density at radius 2 is 2.10 bits per heavy atom. The fourth-order valence-corrected chi connectivity index (χ4v) is 2.66. The third-order valence-corrected chi connectivity index (χ3v) is 4.09. The summed E-state index contributed by atoms with van der Waals surface area (Å²) < 4.78 is 21.3. The van der Waals surface area contributed by atoms with E-state index in [-0.39, 0.29) is 11.7 Å². The highest BCUT2D eigenvalue weighted by atomic mass is 79.9. The molecule has 0 atom stereocenters. The number of ether oxygens (including phenoxy) is 1. The molecule has 3 rings (SSSR count). The van der Waals surface area contributed by atoms with Crippen molar-refractivity contribution in [2.45, 2.75) is 5.88 Å². The van der Waals surface area contributed by atoms with Gasteiger partial charge in [0.05, 0.1) is 34.2 Å². The molecule has 0 amide bonds. The number of alkyl halides is 1. The van der Waals surface area contributed by atoms with E-state index in [1.54, 1.807) is 13.2 Å². The van der Waals surface area contributed by atoms with Gasteiger partial charge in [0.15, 0.2) is 0 Å². The van der Waals surface area contributed by atoms with E-state index in [2.05, 4.69) is 20.9 Å². The van der Waals surface area contributed by atoms with Crippen molar-refractivity contribution >= 4 is 38.6 Å². The molecule has 0 bridgehead atoms. The van der Waals surface area contributed by atoms with Gasteiger partial charge in [-0.2, -0.15) is 0 Å². The zero-order valence-electron chi connectivity index (χ0n) is 11.1. The third kappa shape index (κ3) is 2.51. The van der Waals surface area contributed by atoms with Gasteiger partial charge in [-0.1, -0.05) is 0 Å². The standard InChI is InChI=1S/C15H11BrClFN2O/c1-21-10-3-5-14-13(7-10)19-15(8-17)20(14)9-2-4-11(16)12(18)6-9/h2-7H,8H2,1H3. The quantitative estimate of drug-likeness (QED) is 0.627. The fraction of sp³-hybridized carbons (Fsp3) is 0.133. The minimum absolute atomic E-state index is 0.231. The summed E-state index contributed by atoms with van der Waals surface area (Å²) in [6, 6.07) is 10.5. The van der Waals surface area contributed by atoms with Crippen LogP contribution in [0.4, 0.5) is 4.39 Å². The van der Waals surface area contributed by atoms with E-state index in [1.807, 2.05) is 28.8 Å². The van der Waals surface area contributed by atoms with Crippen LogP contribution >= 0.6 is 27.5 Å². The number of methoxy groups -OCH3 is 1. The first-order chi connectivity index (χ1) is 10.1. The normalized spacial score (nSPS) is 11.0. The summed E-state index contributed by atoms with van der Waals surface area (Å²) in [5.41, 5.74) is 2.29. The van der Waals surface area contributed by atoms with Crippen molar-refractivity contribution in [2.75, 3.05) is 7.11 Å². The Morgan fingerprint density at radius 1 is 1.29 bits per heavy atom. The lowest BCUT2D eigenvalue weighted by Crippen LogP contribution is -2.00. The average molecular weight is 370 g/mol. The molecule has 21 heavy (non-hydrogen) atoms. The smallest absolute Gasteiger partial charge is 0.139 e. The number of benzene rings is 2. The van der Waals surface area contributed by atoms with E-state index >= 15 is 0 Å². The number of imidazole rings is 1. The van der Waals surface area contributed by atoms with Gasteiger partial charge in [-0.3, -0.25) is 4.57 Å². The second kappa shape index (κ2) is 5.66. The molecule has 0 saturated heterocycles. The van der Waals surface area contributed by atoms with E-state index in [4.69, 9.17) is 16.3 Å². The zero-order chi connectivity index (χ0) is 15.0. The number of hydrogen-bond acceptors (Lipinski definition) is 2. The summed E-state index contributed by atoms with van der Waals surface area (Å²) in [5, 5.41) is 0. The molecule has 3 nitrogen and oxygen atoms in total. The van der Waals surface area contributed by atoms with E-state index < -0.39 is 0 Å². The number of nitrogens with zero attached hydrogens (tertiary/aromatic N) is 2. The molecule has 2 aromatic carbocycles. The molecule has 1 aromatic heterocycles. The predicted molar refractivity (Wildman–Crippen MR) is 84.8 cm³/mol. The van der Waals surface area contributed by atoms with Crippen LogP contribution < -0.4 is 4.74 Å². The highest BCUT2D eigenvalue weighted by molar-refractivity contribution is 9.10. The summed E-state index contributed by atoms with van der Waals surface area (Å²) >= 11 is 9.13. The fourth-order valence-electron chi connectivity index (χ4n) is 2.24. The second-order valence-corrected chi connectivity index (χ2v) is 5.57. The van der Waals surface area contributed by atoms with Gasteiger partial charge in [0.1, 0.15) is 17.4 Å². The largest absolute Gasteiger partial charge is 0.497 e. The second-order valence-electron chi connectivity index (χ2n) is 4.45. The topological polar surface area (TPSA) is 27.1 Å². The summed E-state index contributed by atoms with van der Waals surface area (Å²) in [6.45, 7) is 0. The molecule has 0 aliphatic heterocycles. The van der Waals surface area contributed by atoms with Crippen LogP contribution in [0.25, 0.3) is 16.7 Å². The van der Waals surface area contributed by atoms with Gasteiger partial charge in [0.2, 0.25) is 0 Å². The van der Waals surface area contributed by atoms with Crippen molar-refractivity contribution in [3.8, 4) is 11.4 Å². The maximum absolute atomic E-state index is 13.8. The number of rotatable bonds is 3. The summed E-state index contributed by atoms with van der Waals surface area (Å²) in [4.78, 5) is 4.49. The number of aromatic nitrogens is 2. The van der Waals surface area contributed by atoms with Crippen LogP contribution in [0.5, 0.6) is 5.75 Å². The molecular formula is C15H11BrClFN2O. The van der Waals surface area contributed by atoms with Gasteiger partial charge < -0.3 is 4.74 Å². The molecule has 1 heterocycles. The van der Waals surface area contributed by atoms with Gasteiger partial charge >= 0.3 is 0 Å². The molecule has 0 saturated carbocycles. The van der Waals surface area contributed by atoms with Crippen LogP contribution in [0.1, 0.15) is 5.82 Å². The van der Waals surface area contributed by atoms with Gasteiger partial charge in [-0.05, 0) is 46.3 Å². The monoisotopic (exact) mass is 368 g/mol. The molecule has 0 radical (unpaired) electrons. The number of hydrogen-bond donors (Lipinski definition) is 0. The lowest BCUT2D eigenvalue weighted by atomic mass is 10.2. The lowest BCUT2D eigenvalue weighted by molar-refractivity contribution is 0.415. The Kier molecular flexibility index (Phi) is 3.87. The third-order valence-electron chi connectivity index (χ3n) is 3.21. The minimum Gasteiger partial charge on any atom is -0.497 e. The predicted octanol–water partition coefficient (Wildman–Crippen LogP) is 4.67. The van der Waals surface area contributed by atoms with Crippen molar-refractivity contribution in [1.29, 1.82) is 0 Å². The van der Waals surface area contributed by atoms with Crippen LogP contribution in [0.3, 0.4) is 0 Å². The summed E-state index contributed by atoms with van der Waals surface area (Å²) in [7, 11) is 1.60. The molecule has 3 aromatic rings. The highest BCUT2D eigenvalue weighted by Crippen LogP contribution is 2.27. The summed E-state index contributed by atoms with van der Waals surface area (Å²) in [6.07, 6.45) is 0. The Hall–Kier alpha value is -1.59. The van der Waals surface area contributed by atoms with E-state index in [1.165, 1.54) is 6.07 Å². The Bertz CT molecular complexity index is 819. The first kappa shape index (κ1) is 14.4. The number of fused-ring (bicyclic) bond motifs is 1. The number of halogens is 3. The maximum Gasteiger partial charge on any atom is 0.139 e. The molecule has 0 spiro atoms. The van der Waals surface area contributed by atoms with E-state index in [0.29, 0.717) is 16.0 Å². The van der Waals surface area contributed by atoms with Crippen LogP contribution in [0.15, 0.2) is 40.9 Å². The van der Waals surface area contributed by atoms with Gasteiger partial charge in [-0.15, -0.1) is 11.6 Å². The lowest BCUT2D eigenvalue weighted by Gasteiger charge is -2.09. The molecule has 0 fully saturated rings. The molecule has 0 N–H and O–H groups in total. The highest BCUT2D eigenvalue weighted by Gasteiger charge is 2.13. The SMILES string of the molecule is COc1ccc2c(c1)nc(CCl)n2-c1ccc(Br)c(F)c1. The molecule has 0 aliphatic carbocycles. The molecule has 6 heteroatoms. The average Bonchev–Trinajstić information content (AvgIpc) is 2.87. The van der Waals surface area contributed by atoms with Crippen LogP contribution in [0.2, 0.25) is 0 Å². The van der Waals surface area contributed by atoms with Gasteiger partial charge in [-0.25, -0.2) is 9.37 Å². The van der Waals surface area contributed by atoms with E-state index in [9.17, 15) is 4.39 Å². The van der Waals surface area contributed by atoms with Crippen LogP contribution in [-0.4, -0.2) is 16.7 Å². The Labute approximate surface area is 134 Å². The zero-order valence-corrected chi connectivity index (χ0v) is 13.4. The Balaban J connectivity index is 2.26. The minimum atomic E-state index is -0.330. The summed E-state index contributed by atoms with van der Waals surface area (Å²) in [5.74, 6) is 1.27. The first-order valence-corrected chi connectivity index (χ1v) is 7.53. The van der Waals surface area contributed by atoms with E-state index in [0.717, 1.165) is 16.8 Å². The van der Waals surface area contributed by atoms with Crippen LogP contribution in [-0.2, 0) is 5.88 Å². The van der Waals surface area contributed by atoms with Crippen molar-refractivity contribution in [3.63, 3.8) is 0 Å². The van der Waals surface area contributed by atoms with Crippen LogP contribution in [0, 0.1) is 5.82 Å².